The van der Waals surface area contributed by atoms with Gasteiger partial charge in [-0.2, -0.15) is 4.39 Å². The minimum absolute atomic E-state index is 0.296. The highest BCUT2D eigenvalue weighted by Crippen LogP contribution is 2.24. The Balaban J connectivity index is 2.23. The summed E-state index contributed by atoms with van der Waals surface area (Å²) in [5.74, 6) is -3.01. The number of nitrogens with zero attached hydrogens (tertiary/aromatic N) is 2. The van der Waals surface area contributed by atoms with Gasteiger partial charge < -0.3 is 4.90 Å². The third-order valence-electron chi connectivity index (χ3n) is 2.72. The van der Waals surface area contributed by atoms with E-state index < -0.39 is 17.7 Å². The van der Waals surface area contributed by atoms with Crippen molar-refractivity contribution < 1.29 is 13.6 Å². The van der Waals surface area contributed by atoms with Gasteiger partial charge in [-0.3, -0.25) is 4.79 Å². The van der Waals surface area contributed by atoms with Crippen LogP contribution in [0.3, 0.4) is 0 Å². The summed E-state index contributed by atoms with van der Waals surface area (Å²) in [5.41, 5.74) is -0.296. The molecule has 0 fully saturated rings. The summed E-state index contributed by atoms with van der Waals surface area (Å²) in [6, 6.07) is 4.95. The molecule has 0 unspecified atom stereocenters. The maximum absolute atomic E-state index is 13.6. The Hall–Kier alpha value is -1.34. The molecule has 0 radical (unpaired) electrons. The van der Waals surface area contributed by atoms with E-state index >= 15 is 0 Å². The van der Waals surface area contributed by atoms with Gasteiger partial charge in [0.15, 0.2) is 5.82 Å². The van der Waals surface area contributed by atoms with E-state index in [0.717, 1.165) is 14.9 Å². The molecule has 106 valence electrons. The van der Waals surface area contributed by atoms with E-state index in [1.54, 1.807) is 6.92 Å². The molecule has 0 aliphatic rings. The zero-order valence-electron chi connectivity index (χ0n) is 10.6. The van der Waals surface area contributed by atoms with E-state index in [4.69, 9.17) is 0 Å². The average molecular weight is 361 g/mol. The van der Waals surface area contributed by atoms with Gasteiger partial charge in [0.05, 0.1) is 15.9 Å². The number of carbonyl (C=O) groups is 1. The SMILES string of the molecule is CCN(Cc1ccc(Br)s1)C(=O)c1ccnc(F)c1F. The summed E-state index contributed by atoms with van der Waals surface area (Å²) >= 11 is 4.84. The zero-order chi connectivity index (χ0) is 14.7. The summed E-state index contributed by atoms with van der Waals surface area (Å²) in [7, 11) is 0. The Bertz CT molecular complexity index is 633. The number of halogens is 3. The molecule has 0 atom stereocenters. The van der Waals surface area contributed by atoms with Crippen molar-refractivity contribution in [3.05, 3.63) is 50.4 Å². The molecule has 20 heavy (non-hydrogen) atoms. The minimum atomic E-state index is -1.26. The fourth-order valence-corrected chi connectivity index (χ4v) is 3.20. The first-order chi connectivity index (χ1) is 9.52. The van der Waals surface area contributed by atoms with Crippen LogP contribution in [-0.4, -0.2) is 22.3 Å². The summed E-state index contributed by atoms with van der Waals surface area (Å²) in [6.45, 7) is 2.54. The number of hydrogen-bond acceptors (Lipinski definition) is 3. The maximum atomic E-state index is 13.6. The van der Waals surface area contributed by atoms with Gasteiger partial charge in [0, 0.05) is 17.6 Å². The smallest absolute Gasteiger partial charge is 0.257 e. The number of pyridine rings is 1. The van der Waals surface area contributed by atoms with Crippen molar-refractivity contribution in [2.75, 3.05) is 6.54 Å². The Morgan fingerprint density at radius 1 is 1.40 bits per heavy atom. The number of thiophene rings is 1. The van der Waals surface area contributed by atoms with Crippen LogP contribution >= 0.6 is 27.3 Å². The minimum Gasteiger partial charge on any atom is -0.334 e. The third kappa shape index (κ3) is 3.21. The fourth-order valence-electron chi connectivity index (χ4n) is 1.71. The Kier molecular flexibility index (Phi) is 4.82. The third-order valence-corrected chi connectivity index (χ3v) is 4.33. The van der Waals surface area contributed by atoms with Crippen LogP contribution in [0.5, 0.6) is 0 Å². The molecule has 0 saturated heterocycles. The Morgan fingerprint density at radius 3 is 2.75 bits per heavy atom. The fraction of sp³-hybridized carbons (Fsp3) is 0.231. The molecule has 0 aliphatic heterocycles. The quantitative estimate of drug-likeness (QED) is 0.776. The highest BCUT2D eigenvalue weighted by Gasteiger charge is 2.21. The monoisotopic (exact) mass is 360 g/mol. The van der Waals surface area contributed by atoms with Gasteiger partial charge in [-0.25, -0.2) is 9.37 Å². The van der Waals surface area contributed by atoms with E-state index in [2.05, 4.69) is 20.9 Å². The lowest BCUT2D eigenvalue weighted by atomic mass is 10.2. The van der Waals surface area contributed by atoms with Crippen molar-refractivity contribution in [3.63, 3.8) is 0 Å². The van der Waals surface area contributed by atoms with Crippen LogP contribution in [0.2, 0.25) is 0 Å². The van der Waals surface area contributed by atoms with Gasteiger partial charge >= 0.3 is 0 Å². The molecule has 0 aromatic carbocycles. The van der Waals surface area contributed by atoms with Gasteiger partial charge in [-0.05, 0) is 41.1 Å². The number of rotatable bonds is 4. The molecule has 2 aromatic heterocycles. The molecule has 2 rings (SSSR count). The molecule has 0 aliphatic carbocycles. The lowest BCUT2D eigenvalue weighted by molar-refractivity contribution is 0.0748. The highest BCUT2D eigenvalue weighted by atomic mass is 79.9. The van der Waals surface area contributed by atoms with Crippen LogP contribution in [0.25, 0.3) is 0 Å². The molecular formula is C13H11BrF2N2OS. The number of hydrogen-bond donors (Lipinski definition) is 0. The van der Waals surface area contributed by atoms with Crippen molar-refractivity contribution in [1.29, 1.82) is 0 Å². The predicted octanol–water partition coefficient (Wildman–Crippen LogP) is 3.85. The van der Waals surface area contributed by atoms with Crippen LogP contribution < -0.4 is 0 Å². The van der Waals surface area contributed by atoms with Crippen molar-refractivity contribution in [2.24, 2.45) is 0 Å². The number of amides is 1. The molecule has 0 spiro atoms. The first-order valence-corrected chi connectivity index (χ1v) is 7.47. The summed E-state index contributed by atoms with van der Waals surface area (Å²) in [5, 5.41) is 0. The van der Waals surface area contributed by atoms with Crippen molar-refractivity contribution in [2.45, 2.75) is 13.5 Å². The van der Waals surface area contributed by atoms with E-state index in [-0.39, 0.29) is 5.56 Å². The van der Waals surface area contributed by atoms with E-state index in [9.17, 15) is 13.6 Å². The topological polar surface area (TPSA) is 33.2 Å². The normalized spacial score (nSPS) is 10.6. The lowest BCUT2D eigenvalue weighted by Crippen LogP contribution is -2.31. The lowest BCUT2D eigenvalue weighted by Gasteiger charge is -2.20. The van der Waals surface area contributed by atoms with Gasteiger partial charge in [0.1, 0.15) is 0 Å². The molecule has 2 heterocycles. The van der Waals surface area contributed by atoms with Crippen molar-refractivity contribution in [3.8, 4) is 0 Å². The standard InChI is InChI=1S/C13H11BrF2N2OS/c1-2-18(7-8-3-4-10(14)20-8)13(19)9-5-6-17-12(16)11(9)15/h3-6H,2,7H2,1H3. The van der Waals surface area contributed by atoms with Crippen LogP contribution in [-0.2, 0) is 6.54 Å². The zero-order valence-corrected chi connectivity index (χ0v) is 13.0. The molecule has 0 bridgehead atoms. The summed E-state index contributed by atoms with van der Waals surface area (Å²) in [4.78, 5) is 17.8. The van der Waals surface area contributed by atoms with Gasteiger partial charge in [0.25, 0.3) is 5.91 Å². The highest BCUT2D eigenvalue weighted by molar-refractivity contribution is 9.11. The van der Waals surface area contributed by atoms with Gasteiger partial charge in [-0.15, -0.1) is 11.3 Å². The predicted molar refractivity (Wildman–Crippen MR) is 76.6 cm³/mol. The maximum Gasteiger partial charge on any atom is 0.257 e. The van der Waals surface area contributed by atoms with E-state index in [1.807, 2.05) is 12.1 Å². The van der Waals surface area contributed by atoms with Crippen LogP contribution in [0.1, 0.15) is 22.2 Å². The van der Waals surface area contributed by atoms with E-state index in [1.165, 1.54) is 22.3 Å². The molecular weight excluding hydrogens is 350 g/mol. The first kappa shape index (κ1) is 15.1. The van der Waals surface area contributed by atoms with Gasteiger partial charge in [0.2, 0.25) is 5.95 Å². The van der Waals surface area contributed by atoms with Crippen LogP contribution in [0.4, 0.5) is 8.78 Å². The van der Waals surface area contributed by atoms with Gasteiger partial charge in [-0.1, -0.05) is 0 Å². The molecule has 1 amide bonds. The average Bonchev–Trinajstić information content (AvgIpc) is 2.84. The second-order valence-corrected chi connectivity index (χ2v) is 6.54. The van der Waals surface area contributed by atoms with Crippen LogP contribution in [0, 0.1) is 11.8 Å². The summed E-state index contributed by atoms with van der Waals surface area (Å²) in [6.07, 6.45) is 1.08. The number of aromatic nitrogens is 1. The second-order valence-electron chi connectivity index (χ2n) is 3.99. The molecule has 2 aromatic rings. The summed E-state index contributed by atoms with van der Waals surface area (Å²) < 4.78 is 27.6. The number of carbonyl (C=O) groups excluding carboxylic acids is 1. The first-order valence-electron chi connectivity index (χ1n) is 5.86. The largest absolute Gasteiger partial charge is 0.334 e. The van der Waals surface area contributed by atoms with Crippen molar-refractivity contribution >= 4 is 33.2 Å². The van der Waals surface area contributed by atoms with E-state index in [0.29, 0.717) is 13.1 Å². The molecule has 0 saturated carbocycles. The molecule has 7 heteroatoms. The Morgan fingerprint density at radius 2 is 2.15 bits per heavy atom. The molecule has 3 nitrogen and oxygen atoms in total. The van der Waals surface area contributed by atoms with Crippen molar-refractivity contribution in [1.82, 2.24) is 9.88 Å². The van der Waals surface area contributed by atoms with Crippen LogP contribution in [0.15, 0.2) is 28.2 Å². The second kappa shape index (κ2) is 6.41. The molecule has 0 N–H and O–H groups in total. The Labute approximate surface area is 127 Å².